The van der Waals surface area contributed by atoms with Gasteiger partial charge in [0.2, 0.25) is 0 Å². The highest BCUT2D eigenvalue weighted by Gasteiger charge is 2.29. The summed E-state index contributed by atoms with van der Waals surface area (Å²) < 4.78 is 7.66. The van der Waals surface area contributed by atoms with Crippen LogP contribution < -0.4 is 4.74 Å². The van der Waals surface area contributed by atoms with Crippen LogP contribution in [0.15, 0.2) is 30.5 Å². The van der Waals surface area contributed by atoms with Crippen LogP contribution in [-0.2, 0) is 7.05 Å². The fraction of sp³-hybridized carbons (Fsp3) is 0.286. The number of ketones is 1. The smallest absolute Gasteiger partial charge is 0.170 e. The van der Waals surface area contributed by atoms with E-state index < -0.39 is 0 Å². The molecule has 4 nitrogen and oxygen atoms in total. The maximum Gasteiger partial charge on any atom is 0.170 e. The summed E-state index contributed by atoms with van der Waals surface area (Å²) in [6, 6.07) is 7.38. The predicted octanol–water partition coefficient (Wildman–Crippen LogP) is 2.44. The molecule has 2 aromatic rings. The number of para-hydroxylation sites is 1. The summed E-state index contributed by atoms with van der Waals surface area (Å²) in [6.07, 6.45) is 2.08. The first kappa shape index (κ1) is 11.0. The maximum absolute atomic E-state index is 12.1. The predicted molar refractivity (Wildman–Crippen MR) is 66.7 cm³/mol. The third kappa shape index (κ3) is 1.70. The van der Waals surface area contributed by atoms with Crippen LogP contribution in [0.2, 0.25) is 0 Å². The van der Waals surface area contributed by atoms with Crippen LogP contribution in [0, 0.1) is 6.92 Å². The fourth-order valence-electron chi connectivity index (χ4n) is 2.38. The normalized spacial score (nSPS) is 18.3. The van der Waals surface area contributed by atoms with Gasteiger partial charge in [0, 0.05) is 18.8 Å². The van der Waals surface area contributed by atoms with Crippen molar-refractivity contribution in [1.29, 1.82) is 0 Å². The second-order valence-corrected chi connectivity index (χ2v) is 4.57. The fourth-order valence-corrected chi connectivity index (χ4v) is 2.38. The van der Waals surface area contributed by atoms with Crippen LogP contribution in [0.4, 0.5) is 0 Å². The van der Waals surface area contributed by atoms with E-state index in [0.29, 0.717) is 17.7 Å². The number of fused-ring (bicyclic) bond motifs is 1. The molecule has 0 bridgehead atoms. The van der Waals surface area contributed by atoms with Crippen LogP contribution in [0.25, 0.3) is 0 Å². The van der Waals surface area contributed by atoms with Gasteiger partial charge in [-0.05, 0) is 19.1 Å². The van der Waals surface area contributed by atoms with Gasteiger partial charge in [0.15, 0.2) is 5.78 Å². The molecule has 1 atom stereocenters. The van der Waals surface area contributed by atoms with Gasteiger partial charge in [-0.1, -0.05) is 12.1 Å². The molecular weight excluding hydrogens is 228 g/mol. The molecule has 0 N–H and O–H groups in total. The van der Waals surface area contributed by atoms with Crippen molar-refractivity contribution in [2.45, 2.75) is 19.4 Å². The Labute approximate surface area is 105 Å². The quantitative estimate of drug-likeness (QED) is 0.771. The number of aromatic nitrogens is 2. The van der Waals surface area contributed by atoms with Gasteiger partial charge >= 0.3 is 0 Å². The highest BCUT2D eigenvalue weighted by Crippen LogP contribution is 2.35. The van der Waals surface area contributed by atoms with Gasteiger partial charge in [-0.3, -0.25) is 9.48 Å². The number of hydrogen-bond acceptors (Lipinski definition) is 3. The Balaban J connectivity index is 1.99. The van der Waals surface area contributed by atoms with E-state index in [2.05, 4.69) is 5.10 Å². The second kappa shape index (κ2) is 3.98. The molecule has 0 radical (unpaired) electrons. The van der Waals surface area contributed by atoms with E-state index in [1.165, 1.54) is 0 Å². The van der Waals surface area contributed by atoms with Crippen molar-refractivity contribution in [3.05, 3.63) is 47.3 Å². The highest BCUT2D eigenvalue weighted by molar-refractivity contribution is 5.99. The lowest BCUT2D eigenvalue weighted by molar-refractivity contribution is 0.0849. The van der Waals surface area contributed by atoms with Gasteiger partial charge in [-0.15, -0.1) is 0 Å². The summed E-state index contributed by atoms with van der Waals surface area (Å²) in [5.74, 6) is 0.798. The molecule has 3 rings (SSSR count). The average molecular weight is 242 g/mol. The van der Waals surface area contributed by atoms with Crippen molar-refractivity contribution < 1.29 is 9.53 Å². The van der Waals surface area contributed by atoms with Gasteiger partial charge < -0.3 is 4.74 Å². The van der Waals surface area contributed by atoms with E-state index in [-0.39, 0.29) is 11.9 Å². The molecule has 2 heterocycles. The SMILES string of the molecule is Cc1nn(C)cc1C1CC(=O)c2ccccc2O1. The van der Waals surface area contributed by atoms with Gasteiger partial charge in [0.25, 0.3) is 0 Å². The van der Waals surface area contributed by atoms with E-state index in [0.717, 1.165) is 11.3 Å². The van der Waals surface area contributed by atoms with Crippen LogP contribution in [0.1, 0.15) is 34.1 Å². The molecule has 0 fully saturated rings. The van der Waals surface area contributed by atoms with Gasteiger partial charge in [0.05, 0.1) is 17.7 Å². The number of aryl methyl sites for hydroxylation is 2. The third-order valence-electron chi connectivity index (χ3n) is 3.23. The molecular formula is C14H14N2O2. The molecule has 1 aromatic carbocycles. The second-order valence-electron chi connectivity index (χ2n) is 4.57. The Morgan fingerprint density at radius 1 is 1.39 bits per heavy atom. The molecule has 0 aliphatic carbocycles. The zero-order valence-corrected chi connectivity index (χ0v) is 10.4. The van der Waals surface area contributed by atoms with Crippen molar-refractivity contribution in [1.82, 2.24) is 9.78 Å². The van der Waals surface area contributed by atoms with Crippen molar-refractivity contribution in [3.63, 3.8) is 0 Å². The van der Waals surface area contributed by atoms with Gasteiger partial charge in [-0.25, -0.2) is 0 Å². The van der Waals surface area contributed by atoms with Crippen LogP contribution in [-0.4, -0.2) is 15.6 Å². The zero-order chi connectivity index (χ0) is 12.7. The first-order valence-electron chi connectivity index (χ1n) is 5.94. The van der Waals surface area contributed by atoms with Crippen molar-refractivity contribution >= 4 is 5.78 Å². The number of rotatable bonds is 1. The minimum atomic E-state index is -0.221. The lowest BCUT2D eigenvalue weighted by Crippen LogP contribution is -2.20. The Kier molecular flexibility index (Phi) is 2.44. The number of carbonyl (C=O) groups excluding carboxylic acids is 1. The number of hydrogen-bond donors (Lipinski definition) is 0. The van der Waals surface area contributed by atoms with Crippen molar-refractivity contribution in [3.8, 4) is 5.75 Å². The van der Waals surface area contributed by atoms with Crippen LogP contribution >= 0.6 is 0 Å². The number of carbonyl (C=O) groups is 1. The summed E-state index contributed by atoms with van der Waals surface area (Å²) in [7, 11) is 1.87. The van der Waals surface area contributed by atoms with E-state index in [4.69, 9.17) is 4.74 Å². The monoisotopic (exact) mass is 242 g/mol. The van der Waals surface area contributed by atoms with Gasteiger partial charge in [-0.2, -0.15) is 5.10 Å². The van der Waals surface area contributed by atoms with E-state index in [1.54, 1.807) is 4.68 Å². The summed E-state index contributed by atoms with van der Waals surface area (Å²) in [6.45, 7) is 1.93. The lowest BCUT2D eigenvalue weighted by Gasteiger charge is -2.24. The molecule has 0 saturated heterocycles. The Hall–Kier alpha value is -2.10. The molecule has 1 aliphatic heterocycles. The topological polar surface area (TPSA) is 44.1 Å². The summed E-state index contributed by atoms with van der Waals surface area (Å²) in [5.41, 5.74) is 2.57. The summed E-state index contributed by atoms with van der Waals surface area (Å²) in [5, 5.41) is 4.29. The van der Waals surface area contributed by atoms with Crippen LogP contribution in [0.3, 0.4) is 0 Å². The Morgan fingerprint density at radius 2 is 2.17 bits per heavy atom. The zero-order valence-electron chi connectivity index (χ0n) is 10.4. The average Bonchev–Trinajstić information content (AvgIpc) is 2.68. The summed E-state index contributed by atoms with van der Waals surface area (Å²) >= 11 is 0. The lowest BCUT2D eigenvalue weighted by atomic mass is 9.97. The van der Waals surface area contributed by atoms with Crippen LogP contribution in [0.5, 0.6) is 5.75 Å². The Morgan fingerprint density at radius 3 is 2.89 bits per heavy atom. The molecule has 1 aliphatic rings. The minimum Gasteiger partial charge on any atom is -0.484 e. The molecule has 0 spiro atoms. The molecule has 1 aromatic heterocycles. The molecule has 1 unspecified atom stereocenters. The number of benzene rings is 1. The molecule has 0 saturated carbocycles. The number of ether oxygens (including phenoxy) is 1. The maximum atomic E-state index is 12.1. The minimum absolute atomic E-state index is 0.130. The highest BCUT2D eigenvalue weighted by atomic mass is 16.5. The Bertz CT molecular complexity index is 616. The van der Waals surface area contributed by atoms with E-state index in [9.17, 15) is 4.79 Å². The summed E-state index contributed by atoms with van der Waals surface area (Å²) in [4.78, 5) is 12.1. The third-order valence-corrected chi connectivity index (χ3v) is 3.23. The molecule has 92 valence electrons. The van der Waals surface area contributed by atoms with Gasteiger partial charge in [0.1, 0.15) is 11.9 Å². The molecule has 0 amide bonds. The van der Waals surface area contributed by atoms with Crippen molar-refractivity contribution in [2.75, 3.05) is 0 Å². The van der Waals surface area contributed by atoms with Crippen molar-refractivity contribution in [2.24, 2.45) is 7.05 Å². The first-order chi connectivity index (χ1) is 8.65. The van der Waals surface area contributed by atoms with E-state index in [1.807, 2.05) is 44.4 Å². The molecule has 18 heavy (non-hydrogen) atoms. The van der Waals surface area contributed by atoms with E-state index >= 15 is 0 Å². The molecule has 4 heteroatoms. The largest absolute Gasteiger partial charge is 0.484 e. The number of Topliss-reactive ketones (excluding diaryl/α,β-unsaturated/α-hetero) is 1. The first-order valence-corrected chi connectivity index (χ1v) is 5.94. The number of nitrogens with zero attached hydrogens (tertiary/aromatic N) is 2. The standard InChI is InChI=1S/C14H14N2O2/c1-9-11(8-16(2)15-9)14-7-12(17)10-5-3-4-6-13(10)18-14/h3-6,8,14H,7H2,1-2H3.